The van der Waals surface area contributed by atoms with Crippen LogP contribution in [0.5, 0.6) is 5.75 Å². The summed E-state index contributed by atoms with van der Waals surface area (Å²) in [5, 5.41) is 7.79. The van der Waals surface area contributed by atoms with Gasteiger partial charge < -0.3 is 20.7 Å². The van der Waals surface area contributed by atoms with E-state index in [9.17, 15) is 32.3 Å². The van der Waals surface area contributed by atoms with E-state index >= 15 is 0 Å². The molecule has 0 aromatic heterocycles. The smallest absolute Gasteiger partial charge is 0.452 e. The fourth-order valence-electron chi connectivity index (χ4n) is 4.19. The third kappa shape index (κ3) is 9.21. The molecular formula is C29H35ClF3N3O5. The van der Waals surface area contributed by atoms with Crippen molar-refractivity contribution in [2.24, 2.45) is 11.8 Å². The summed E-state index contributed by atoms with van der Waals surface area (Å²) >= 11 is 5.96. The second kappa shape index (κ2) is 14.3. The van der Waals surface area contributed by atoms with Crippen LogP contribution in [0.25, 0.3) is 0 Å². The Bertz CT molecular complexity index is 1220. The SMILES string of the molecule is COc1ccc([C@H](NC(=O)[C@H](C)NC(=O)C(c2ccc(Cl)cc2)C(C)C)C(=O)N[C@H](C(=O)C(F)(F)F)C(C)C)cc1. The Hall–Kier alpha value is -3.60. The summed E-state index contributed by atoms with van der Waals surface area (Å²) in [7, 11) is 1.43. The molecule has 0 aliphatic heterocycles. The van der Waals surface area contributed by atoms with Gasteiger partial charge in [-0.2, -0.15) is 13.2 Å². The summed E-state index contributed by atoms with van der Waals surface area (Å²) in [5.41, 5.74) is 0.914. The number of halogens is 4. The lowest BCUT2D eigenvalue weighted by molar-refractivity contribution is -0.175. The van der Waals surface area contributed by atoms with Gasteiger partial charge in [0.05, 0.1) is 19.1 Å². The van der Waals surface area contributed by atoms with Gasteiger partial charge >= 0.3 is 6.18 Å². The van der Waals surface area contributed by atoms with E-state index in [1.807, 2.05) is 13.8 Å². The largest absolute Gasteiger partial charge is 0.497 e. The third-order valence-electron chi connectivity index (χ3n) is 6.45. The number of rotatable bonds is 12. The Balaban J connectivity index is 2.30. The number of Topliss-reactive ketones (excluding diaryl/α,β-unsaturated/α-hetero) is 1. The molecule has 41 heavy (non-hydrogen) atoms. The molecule has 0 aliphatic carbocycles. The highest BCUT2D eigenvalue weighted by Crippen LogP contribution is 2.27. The number of ether oxygens (including phenoxy) is 1. The molecule has 0 aliphatic rings. The van der Waals surface area contributed by atoms with E-state index in [0.29, 0.717) is 16.3 Å². The van der Waals surface area contributed by atoms with Crippen LogP contribution in [0.3, 0.4) is 0 Å². The lowest BCUT2D eigenvalue weighted by atomic mass is 9.87. The Labute approximate surface area is 242 Å². The van der Waals surface area contributed by atoms with Crippen molar-refractivity contribution in [3.63, 3.8) is 0 Å². The minimum absolute atomic E-state index is 0.136. The number of nitrogens with one attached hydrogen (secondary N) is 3. The molecule has 2 rings (SSSR count). The number of carbonyl (C=O) groups is 4. The second-order valence-electron chi connectivity index (χ2n) is 10.3. The molecule has 0 spiro atoms. The normalized spacial score (nSPS) is 14.5. The number of hydrogen-bond acceptors (Lipinski definition) is 5. The van der Waals surface area contributed by atoms with Crippen LogP contribution in [0.4, 0.5) is 13.2 Å². The first-order valence-electron chi connectivity index (χ1n) is 13.0. The predicted octanol–water partition coefficient (Wildman–Crippen LogP) is 4.72. The molecule has 2 aromatic rings. The molecule has 8 nitrogen and oxygen atoms in total. The first-order valence-corrected chi connectivity index (χ1v) is 13.4. The van der Waals surface area contributed by atoms with Gasteiger partial charge in [-0.05, 0) is 54.2 Å². The van der Waals surface area contributed by atoms with Crippen molar-refractivity contribution in [2.45, 2.75) is 64.8 Å². The number of ketones is 1. The Morgan fingerprint density at radius 1 is 0.732 bits per heavy atom. The molecule has 0 bridgehead atoms. The van der Waals surface area contributed by atoms with Crippen LogP contribution >= 0.6 is 11.6 Å². The lowest BCUT2D eigenvalue weighted by Crippen LogP contribution is -2.54. The highest BCUT2D eigenvalue weighted by molar-refractivity contribution is 6.30. The molecule has 0 radical (unpaired) electrons. The molecule has 0 saturated carbocycles. The number of methoxy groups -OCH3 is 1. The van der Waals surface area contributed by atoms with Crippen molar-refractivity contribution < 1.29 is 37.1 Å². The number of benzene rings is 2. The zero-order valence-corrected chi connectivity index (χ0v) is 24.4. The van der Waals surface area contributed by atoms with Gasteiger partial charge in [-0.15, -0.1) is 0 Å². The maximum atomic E-state index is 13.3. The molecule has 224 valence electrons. The third-order valence-corrected chi connectivity index (χ3v) is 6.71. The average Bonchev–Trinajstić information content (AvgIpc) is 2.90. The molecular weight excluding hydrogens is 563 g/mol. The summed E-state index contributed by atoms with van der Waals surface area (Å²) in [4.78, 5) is 51.6. The first kappa shape index (κ1) is 33.6. The van der Waals surface area contributed by atoms with Gasteiger partial charge in [-0.1, -0.05) is 63.6 Å². The van der Waals surface area contributed by atoms with Crippen molar-refractivity contribution >= 4 is 35.1 Å². The summed E-state index contributed by atoms with van der Waals surface area (Å²) in [5.74, 6) is -5.54. The van der Waals surface area contributed by atoms with Crippen LogP contribution in [-0.2, 0) is 19.2 Å². The van der Waals surface area contributed by atoms with Gasteiger partial charge in [-0.3, -0.25) is 19.2 Å². The van der Waals surface area contributed by atoms with Crippen LogP contribution in [0.1, 0.15) is 57.7 Å². The highest BCUT2D eigenvalue weighted by Gasteiger charge is 2.45. The van der Waals surface area contributed by atoms with E-state index in [1.165, 1.54) is 52.1 Å². The van der Waals surface area contributed by atoms with Gasteiger partial charge in [-0.25, -0.2) is 0 Å². The number of amides is 3. The summed E-state index contributed by atoms with van der Waals surface area (Å²) < 4.78 is 44.7. The van der Waals surface area contributed by atoms with Crippen molar-refractivity contribution in [3.05, 3.63) is 64.7 Å². The van der Waals surface area contributed by atoms with Crippen molar-refractivity contribution in [2.75, 3.05) is 7.11 Å². The molecule has 3 amide bonds. The maximum Gasteiger partial charge on any atom is 0.452 e. The van der Waals surface area contributed by atoms with Gasteiger partial charge in [0.2, 0.25) is 17.7 Å². The zero-order chi connectivity index (χ0) is 31.1. The number of carbonyl (C=O) groups excluding carboxylic acids is 4. The molecule has 2 aromatic carbocycles. The standard InChI is InChI=1S/C29H35ClF3N3O5/c1-15(2)22(18-7-11-20(30)12-8-18)27(39)34-17(5)26(38)36-24(19-9-13-21(41-6)14-10-19)28(40)35-23(16(3)4)25(37)29(31,32)33/h7-17,22-24H,1-6H3,(H,34,39)(H,35,40)(H,36,38)/t17-,22?,23-,24-/m0/s1. The van der Waals surface area contributed by atoms with Crippen LogP contribution in [0.2, 0.25) is 5.02 Å². The lowest BCUT2D eigenvalue weighted by Gasteiger charge is -2.27. The van der Waals surface area contributed by atoms with E-state index in [2.05, 4.69) is 16.0 Å². The Morgan fingerprint density at radius 2 is 1.27 bits per heavy atom. The van der Waals surface area contributed by atoms with Crippen molar-refractivity contribution in [1.29, 1.82) is 0 Å². The van der Waals surface area contributed by atoms with Crippen molar-refractivity contribution in [3.8, 4) is 5.75 Å². The Kier molecular flexibility index (Phi) is 11.8. The van der Waals surface area contributed by atoms with Crippen LogP contribution < -0.4 is 20.7 Å². The number of alkyl halides is 3. The monoisotopic (exact) mass is 597 g/mol. The van der Waals surface area contributed by atoms with Crippen LogP contribution in [-0.4, -0.2) is 48.9 Å². The van der Waals surface area contributed by atoms with Crippen molar-refractivity contribution in [1.82, 2.24) is 16.0 Å². The molecule has 0 fully saturated rings. The summed E-state index contributed by atoms with van der Waals surface area (Å²) in [6.45, 7) is 7.83. The topological polar surface area (TPSA) is 114 Å². The highest BCUT2D eigenvalue weighted by atomic mass is 35.5. The quantitative estimate of drug-likeness (QED) is 0.328. The molecule has 0 saturated heterocycles. The summed E-state index contributed by atoms with van der Waals surface area (Å²) in [6, 6.07) is 8.20. The first-order chi connectivity index (χ1) is 19.1. The second-order valence-corrected chi connectivity index (χ2v) is 10.7. The zero-order valence-electron chi connectivity index (χ0n) is 23.6. The fraction of sp³-hybridized carbons (Fsp3) is 0.448. The van der Waals surface area contributed by atoms with E-state index in [1.54, 1.807) is 24.3 Å². The van der Waals surface area contributed by atoms with E-state index in [-0.39, 0.29) is 11.5 Å². The van der Waals surface area contributed by atoms with Gasteiger partial charge in [0, 0.05) is 5.02 Å². The van der Waals surface area contributed by atoms with Crippen LogP contribution in [0, 0.1) is 11.8 Å². The van der Waals surface area contributed by atoms with Crippen LogP contribution in [0.15, 0.2) is 48.5 Å². The minimum Gasteiger partial charge on any atom is -0.497 e. The van der Waals surface area contributed by atoms with E-state index in [4.69, 9.17) is 16.3 Å². The maximum absolute atomic E-state index is 13.3. The van der Waals surface area contributed by atoms with E-state index in [0.717, 1.165) is 0 Å². The molecule has 4 atom stereocenters. The van der Waals surface area contributed by atoms with Gasteiger partial charge in [0.1, 0.15) is 17.8 Å². The summed E-state index contributed by atoms with van der Waals surface area (Å²) in [6.07, 6.45) is -5.17. The fourth-order valence-corrected chi connectivity index (χ4v) is 4.32. The van der Waals surface area contributed by atoms with Gasteiger partial charge in [0.15, 0.2) is 0 Å². The molecule has 12 heteroatoms. The molecule has 3 N–H and O–H groups in total. The minimum atomic E-state index is -5.17. The predicted molar refractivity (Wildman–Crippen MR) is 148 cm³/mol. The number of hydrogen-bond donors (Lipinski definition) is 3. The molecule has 1 unspecified atom stereocenters. The Morgan fingerprint density at radius 3 is 1.73 bits per heavy atom. The molecule has 0 heterocycles. The average molecular weight is 598 g/mol. The van der Waals surface area contributed by atoms with Gasteiger partial charge in [0.25, 0.3) is 5.78 Å². The van der Waals surface area contributed by atoms with E-state index < -0.39 is 59.6 Å².